The molecule has 2 aromatic rings. The van der Waals surface area contributed by atoms with Gasteiger partial charge < -0.3 is 4.90 Å². The molecule has 1 amide bonds. The van der Waals surface area contributed by atoms with E-state index in [1.54, 1.807) is 29.2 Å². The molecule has 2 aromatic carbocycles. The van der Waals surface area contributed by atoms with E-state index < -0.39 is 10.0 Å². The van der Waals surface area contributed by atoms with Crippen molar-refractivity contribution in [2.24, 2.45) is 0 Å². The number of sulfonamides is 1. The molecule has 0 aliphatic carbocycles. The summed E-state index contributed by atoms with van der Waals surface area (Å²) in [5, 5.41) is 0. The molecule has 0 heterocycles. The van der Waals surface area contributed by atoms with Crippen LogP contribution in [0.3, 0.4) is 0 Å². The van der Waals surface area contributed by atoms with Gasteiger partial charge in [-0.3, -0.25) is 4.79 Å². The third-order valence-corrected chi connectivity index (χ3v) is 5.37. The Morgan fingerprint density at radius 2 is 1.64 bits per heavy atom. The molecule has 1 N–H and O–H groups in total. The van der Waals surface area contributed by atoms with Crippen LogP contribution in [0.2, 0.25) is 0 Å². The van der Waals surface area contributed by atoms with Gasteiger partial charge in [-0.15, -0.1) is 0 Å². The standard InChI is InChI=1S/C19H24N2O3S/c1-4-21(17-8-6-5-7-9-17)19(22)14-20-25(23,24)18-12-10-16(11-13-18)15(2)3/h5-13,15,20H,4,14H2,1-3H3. The predicted octanol–water partition coefficient (Wildman–Crippen LogP) is 3.14. The smallest absolute Gasteiger partial charge is 0.242 e. The van der Waals surface area contributed by atoms with Gasteiger partial charge >= 0.3 is 0 Å². The van der Waals surface area contributed by atoms with Gasteiger partial charge in [0, 0.05) is 12.2 Å². The van der Waals surface area contributed by atoms with E-state index in [1.807, 2.05) is 51.1 Å². The zero-order chi connectivity index (χ0) is 18.4. The van der Waals surface area contributed by atoms with E-state index in [0.717, 1.165) is 11.3 Å². The third kappa shape index (κ3) is 4.90. The average Bonchev–Trinajstić information content (AvgIpc) is 2.62. The minimum absolute atomic E-state index is 0.160. The number of anilines is 1. The van der Waals surface area contributed by atoms with Gasteiger partial charge in [0.25, 0.3) is 0 Å². The van der Waals surface area contributed by atoms with Crippen LogP contribution in [0.15, 0.2) is 59.5 Å². The van der Waals surface area contributed by atoms with Gasteiger partial charge in [0.2, 0.25) is 15.9 Å². The quantitative estimate of drug-likeness (QED) is 0.825. The largest absolute Gasteiger partial charge is 0.312 e. The van der Waals surface area contributed by atoms with E-state index in [9.17, 15) is 13.2 Å². The first-order valence-corrected chi connectivity index (χ1v) is 9.78. The molecule has 0 bridgehead atoms. The van der Waals surface area contributed by atoms with Crippen LogP contribution in [0.4, 0.5) is 5.69 Å². The topological polar surface area (TPSA) is 66.5 Å². The Morgan fingerprint density at radius 3 is 2.16 bits per heavy atom. The van der Waals surface area contributed by atoms with Gasteiger partial charge in [-0.05, 0) is 42.7 Å². The van der Waals surface area contributed by atoms with Crippen molar-refractivity contribution < 1.29 is 13.2 Å². The highest BCUT2D eigenvalue weighted by Gasteiger charge is 2.19. The fraction of sp³-hybridized carbons (Fsp3) is 0.316. The zero-order valence-corrected chi connectivity index (χ0v) is 15.6. The Kier molecular flexibility index (Phi) is 6.33. The van der Waals surface area contributed by atoms with Crippen LogP contribution in [-0.2, 0) is 14.8 Å². The van der Waals surface area contributed by atoms with Crippen LogP contribution in [0.25, 0.3) is 0 Å². The van der Waals surface area contributed by atoms with Gasteiger partial charge in [-0.25, -0.2) is 13.1 Å². The lowest BCUT2D eigenvalue weighted by Gasteiger charge is -2.21. The summed E-state index contributed by atoms with van der Waals surface area (Å²) in [4.78, 5) is 14.1. The number of likely N-dealkylation sites (N-methyl/N-ethyl adjacent to an activating group) is 1. The number of carbonyl (C=O) groups excluding carboxylic acids is 1. The minimum atomic E-state index is -3.72. The molecule has 0 spiro atoms. The van der Waals surface area contributed by atoms with Crippen LogP contribution in [-0.4, -0.2) is 27.4 Å². The van der Waals surface area contributed by atoms with Crippen LogP contribution in [0.1, 0.15) is 32.3 Å². The highest BCUT2D eigenvalue weighted by molar-refractivity contribution is 7.89. The molecule has 0 fully saturated rings. The van der Waals surface area contributed by atoms with E-state index in [1.165, 1.54) is 0 Å². The lowest BCUT2D eigenvalue weighted by Crippen LogP contribution is -2.40. The number of nitrogens with one attached hydrogen (secondary N) is 1. The number of rotatable bonds is 7. The summed E-state index contributed by atoms with van der Waals surface area (Å²) >= 11 is 0. The Bertz CT molecular complexity index is 800. The van der Waals surface area contributed by atoms with Gasteiger partial charge in [0.15, 0.2) is 0 Å². The summed E-state index contributed by atoms with van der Waals surface area (Å²) in [5.74, 6) is 0.0337. The Hall–Kier alpha value is -2.18. The van der Waals surface area contributed by atoms with Crippen molar-refractivity contribution in [3.63, 3.8) is 0 Å². The van der Waals surface area contributed by atoms with Crippen molar-refractivity contribution in [3.05, 3.63) is 60.2 Å². The second-order valence-electron chi connectivity index (χ2n) is 6.02. The maximum absolute atomic E-state index is 12.4. The molecule has 25 heavy (non-hydrogen) atoms. The molecule has 2 rings (SSSR count). The third-order valence-electron chi connectivity index (χ3n) is 3.96. The SMILES string of the molecule is CCN(C(=O)CNS(=O)(=O)c1ccc(C(C)C)cc1)c1ccccc1. The number of nitrogens with zero attached hydrogens (tertiary/aromatic N) is 1. The van der Waals surface area contributed by atoms with E-state index in [-0.39, 0.29) is 17.3 Å². The predicted molar refractivity (Wildman–Crippen MR) is 100 cm³/mol. The molecule has 6 heteroatoms. The fourth-order valence-electron chi connectivity index (χ4n) is 2.48. The summed E-state index contributed by atoms with van der Waals surface area (Å²) in [7, 11) is -3.72. The van der Waals surface area contributed by atoms with Crippen molar-refractivity contribution in [1.29, 1.82) is 0 Å². The Labute approximate surface area is 149 Å². The fourth-order valence-corrected chi connectivity index (χ4v) is 3.45. The number of hydrogen-bond donors (Lipinski definition) is 1. The molecule has 0 aromatic heterocycles. The summed E-state index contributed by atoms with van der Waals surface area (Å²) in [5.41, 5.74) is 1.81. The summed E-state index contributed by atoms with van der Waals surface area (Å²) < 4.78 is 27.2. The van der Waals surface area contributed by atoms with Crippen LogP contribution in [0, 0.1) is 0 Å². The number of amides is 1. The lowest BCUT2D eigenvalue weighted by atomic mass is 10.0. The molecule has 0 saturated carbocycles. The molecule has 134 valence electrons. The Balaban J connectivity index is 2.06. The summed E-state index contributed by atoms with van der Waals surface area (Å²) in [6.45, 7) is 6.13. The van der Waals surface area contributed by atoms with Gasteiger partial charge in [-0.2, -0.15) is 0 Å². The molecular weight excluding hydrogens is 336 g/mol. The molecule has 0 saturated heterocycles. The maximum atomic E-state index is 12.4. The monoisotopic (exact) mass is 360 g/mol. The minimum Gasteiger partial charge on any atom is -0.312 e. The van der Waals surface area contributed by atoms with Crippen molar-refractivity contribution in [1.82, 2.24) is 4.72 Å². The van der Waals surface area contributed by atoms with Crippen LogP contribution in [0.5, 0.6) is 0 Å². The normalized spacial score (nSPS) is 11.5. The highest BCUT2D eigenvalue weighted by Crippen LogP contribution is 2.17. The van der Waals surface area contributed by atoms with E-state index in [2.05, 4.69) is 4.72 Å². The highest BCUT2D eigenvalue weighted by atomic mass is 32.2. The second-order valence-corrected chi connectivity index (χ2v) is 7.79. The van der Waals surface area contributed by atoms with Crippen molar-refractivity contribution in [2.45, 2.75) is 31.6 Å². The maximum Gasteiger partial charge on any atom is 0.242 e. The first-order valence-electron chi connectivity index (χ1n) is 8.30. The van der Waals surface area contributed by atoms with Gasteiger partial charge in [0.1, 0.15) is 0 Å². The Morgan fingerprint density at radius 1 is 1.04 bits per heavy atom. The lowest BCUT2D eigenvalue weighted by molar-refractivity contribution is -0.117. The van der Waals surface area contributed by atoms with E-state index in [4.69, 9.17) is 0 Å². The van der Waals surface area contributed by atoms with Gasteiger partial charge in [-0.1, -0.05) is 44.2 Å². The van der Waals surface area contributed by atoms with Gasteiger partial charge in [0.05, 0.1) is 11.4 Å². The number of carbonyl (C=O) groups is 1. The van der Waals surface area contributed by atoms with E-state index in [0.29, 0.717) is 12.5 Å². The van der Waals surface area contributed by atoms with Crippen molar-refractivity contribution >= 4 is 21.6 Å². The first-order chi connectivity index (χ1) is 11.8. The van der Waals surface area contributed by atoms with Crippen molar-refractivity contribution in [2.75, 3.05) is 18.0 Å². The number of hydrogen-bond acceptors (Lipinski definition) is 3. The van der Waals surface area contributed by atoms with Crippen molar-refractivity contribution in [3.8, 4) is 0 Å². The molecule has 0 radical (unpaired) electrons. The number of benzene rings is 2. The zero-order valence-electron chi connectivity index (χ0n) is 14.8. The first kappa shape index (κ1) is 19.1. The number of para-hydroxylation sites is 1. The summed E-state index contributed by atoms with van der Waals surface area (Å²) in [6.07, 6.45) is 0. The molecule has 0 aliphatic rings. The van der Waals surface area contributed by atoms with Crippen LogP contribution < -0.4 is 9.62 Å². The summed E-state index contributed by atoms with van der Waals surface area (Å²) in [6, 6.07) is 15.9. The molecular formula is C19H24N2O3S. The van der Waals surface area contributed by atoms with Crippen LogP contribution >= 0.6 is 0 Å². The molecule has 0 unspecified atom stereocenters. The molecule has 0 aliphatic heterocycles. The average molecular weight is 360 g/mol. The van der Waals surface area contributed by atoms with E-state index >= 15 is 0 Å². The second kappa shape index (κ2) is 8.27. The molecule has 0 atom stereocenters. The molecule has 5 nitrogen and oxygen atoms in total.